The second-order valence-electron chi connectivity index (χ2n) is 5.43. The molecule has 8 heteroatoms. The molecule has 0 amide bonds. The highest BCUT2D eigenvalue weighted by molar-refractivity contribution is 7.89. The predicted octanol–water partition coefficient (Wildman–Crippen LogP) is 2.77. The van der Waals surface area contributed by atoms with Crippen LogP contribution in [0.3, 0.4) is 0 Å². The van der Waals surface area contributed by atoms with Crippen molar-refractivity contribution in [3.8, 4) is 0 Å². The lowest BCUT2D eigenvalue weighted by Crippen LogP contribution is -2.41. The molecule has 0 aromatic heterocycles. The fourth-order valence-corrected chi connectivity index (χ4v) is 4.68. The van der Waals surface area contributed by atoms with Gasteiger partial charge in [-0.15, -0.1) is 0 Å². The average molecular weight is 366 g/mol. The maximum absolute atomic E-state index is 12.6. The molecule has 0 radical (unpaired) electrons. The second-order valence-corrected chi connectivity index (χ2v) is 8.18. The Morgan fingerprint density at radius 2 is 1.68 bits per heavy atom. The van der Waals surface area contributed by atoms with Gasteiger partial charge in [0.2, 0.25) is 10.0 Å². The Morgan fingerprint density at radius 3 is 2.27 bits per heavy atom. The van der Waals surface area contributed by atoms with Crippen LogP contribution >= 0.6 is 23.2 Å². The summed E-state index contributed by atoms with van der Waals surface area (Å²) in [5, 5.41) is 0.584. The number of rotatable bonds is 3. The molecule has 122 valence electrons. The zero-order valence-corrected chi connectivity index (χ0v) is 14.2. The van der Waals surface area contributed by atoms with Crippen LogP contribution in [-0.4, -0.2) is 45.3 Å². The Balaban J connectivity index is 1.70. The summed E-state index contributed by atoms with van der Waals surface area (Å²) in [6.07, 6.45) is 1.27. The summed E-state index contributed by atoms with van der Waals surface area (Å²) >= 11 is 11.8. The van der Waals surface area contributed by atoms with Crippen molar-refractivity contribution >= 4 is 33.2 Å². The number of ether oxygens (including phenoxy) is 2. The molecule has 0 atom stereocenters. The maximum Gasteiger partial charge on any atom is 0.243 e. The van der Waals surface area contributed by atoms with Gasteiger partial charge in [-0.2, -0.15) is 4.31 Å². The van der Waals surface area contributed by atoms with Crippen LogP contribution < -0.4 is 0 Å². The summed E-state index contributed by atoms with van der Waals surface area (Å²) in [4.78, 5) is 0.175. The number of nitrogens with zero attached hydrogens (tertiary/aromatic N) is 1. The molecule has 0 N–H and O–H groups in total. The first-order valence-electron chi connectivity index (χ1n) is 7.17. The molecule has 2 heterocycles. The molecule has 0 saturated carbocycles. The smallest absolute Gasteiger partial charge is 0.243 e. The molecule has 2 saturated heterocycles. The Morgan fingerprint density at radius 1 is 1.05 bits per heavy atom. The first kappa shape index (κ1) is 16.5. The Bertz CT molecular complexity index is 638. The minimum atomic E-state index is -3.54. The van der Waals surface area contributed by atoms with Gasteiger partial charge in [0.15, 0.2) is 6.29 Å². The fraction of sp³-hybridized carbons (Fsp3) is 0.571. The highest BCUT2D eigenvalue weighted by Crippen LogP contribution is 2.31. The molecule has 0 unspecified atom stereocenters. The van der Waals surface area contributed by atoms with E-state index in [1.807, 2.05) is 0 Å². The van der Waals surface area contributed by atoms with Crippen LogP contribution in [0, 0.1) is 5.92 Å². The van der Waals surface area contributed by atoms with Gasteiger partial charge in [-0.25, -0.2) is 8.42 Å². The van der Waals surface area contributed by atoms with Gasteiger partial charge >= 0.3 is 0 Å². The lowest BCUT2D eigenvalue weighted by atomic mass is 9.98. The summed E-state index contributed by atoms with van der Waals surface area (Å²) in [5.41, 5.74) is 0. The molecule has 2 aliphatic rings. The van der Waals surface area contributed by atoms with Crippen LogP contribution in [0.2, 0.25) is 10.0 Å². The molecule has 0 bridgehead atoms. The maximum atomic E-state index is 12.6. The Kier molecular flexibility index (Phi) is 4.97. The van der Waals surface area contributed by atoms with E-state index in [0.29, 0.717) is 31.3 Å². The van der Waals surface area contributed by atoms with Gasteiger partial charge < -0.3 is 9.47 Å². The molecular formula is C14H17Cl2NO4S. The van der Waals surface area contributed by atoms with E-state index in [1.54, 1.807) is 0 Å². The predicted molar refractivity (Wildman–Crippen MR) is 83.6 cm³/mol. The van der Waals surface area contributed by atoms with Crippen molar-refractivity contribution in [2.75, 3.05) is 26.3 Å². The molecular weight excluding hydrogens is 349 g/mol. The first-order chi connectivity index (χ1) is 10.5. The number of piperidine rings is 1. The lowest BCUT2D eigenvalue weighted by molar-refractivity contribution is -0.0938. The van der Waals surface area contributed by atoms with Crippen molar-refractivity contribution in [3.63, 3.8) is 0 Å². The summed E-state index contributed by atoms with van der Waals surface area (Å²) in [6, 6.07) is 4.39. The van der Waals surface area contributed by atoms with Gasteiger partial charge in [-0.05, 0) is 31.0 Å². The van der Waals surface area contributed by atoms with Crippen LogP contribution in [0.5, 0.6) is 0 Å². The number of hydrogen-bond donors (Lipinski definition) is 0. The topological polar surface area (TPSA) is 55.8 Å². The van der Waals surface area contributed by atoms with Gasteiger partial charge in [0, 0.05) is 19.0 Å². The first-order valence-corrected chi connectivity index (χ1v) is 9.36. The summed E-state index contributed by atoms with van der Waals surface area (Å²) in [7, 11) is -3.54. The third-order valence-electron chi connectivity index (χ3n) is 4.06. The normalized spacial score (nSPS) is 22.3. The highest BCUT2D eigenvalue weighted by atomic mass is 35.5. The van der Waals surface area contributed by atoms with E-state index in [1.165, 1.54) is 22.5 Å². The Hall–Kier alpha value is -0.370. The number of benzene rings is 1. The number of sulfonamides is 1. The largest absolute Gasteiger partial charge is 0.350 e. The summed E-state index contributed by atoms with van der Waals surface area (Å²) < 4.78 is 37.8. The van der Waals surface area contributed by atoms with Crippen molar-refractivity contribution in [2.24, 2.45) is 5.92 Å². The van der Waals surface area contributed by atoms with Gasteiger partial charge in [0.25, 0.3) is 0 Å². The van der Waals surface area contributed by atoms with Crippen LogP contribution in [-0.2, 0) is 19.5 Å². The molecule has 0 spiro atoms. The lowest BCUT2D eigenvalue weighted by Gasteiger charge is -2.33. The SMILES string of the molecule is O=S(=O)(c1ccc(Cl)c(Cl)c1)N1CCC(C2OCCO2)CC1. The van der Waals surface area contributed by atoms with Crippen molar-refractivity contribution < 1.29 is 17.9 Å². The zero-order chi connectivity index (χ0) is 15.7. The third kappa shape index (κ3) is 3.27. The standard InChI is InChI=1S/C14H17Cl2NO4S/c15-12-2-1-11(9-13(12)16)22(18,19)17-5-3-10(4-6-17)14-20-7-8-21-14/h1-2,9-10,14H,3-8H2. The van der Waals surface area contributed by atoms with Gasteiger partial charge in [-0.3, -0.25) is 0 Å². The van der Waals surface area contributed by atoms with Gasteiger partial charge in [0.1, 0.15) is 0 Å². The second kappa shape index (κ2) is 6.63. The summed E-state index contributed by atoms with van der Waals surface area (Å²) in [6.45, 7) is 2.14. The van der Waals surface area contributed by atoms with E-state index in [4.69, 9.17) is 32.7 Å². The van der Waals surface area contributed by atoms with E-state index in [2.05, 4.69) is 0 Å². The average Bonchev–Trinajstić information content (AvgIpc) is 3.04. The molecule has 2 aliphatic heterocycles. The van der Waals surface area contributed by atoms with Gasteiger partial charge in [0.05, 0.1) is 28.2 Å². The molecule has 22 heavy (non-hydrogen) atoms. The van der Waals surface area contributed by atoms with Crippen molar-refractivity contribution in [1.82, 2.24) is 4.31 Å². The number of halogens is 2. The molecule has 3 rings (SSSR count). The van der Waals surface area contributed by atoms with Crippen molar-refractivity contribution in [3.05, 3.63) is 28.2 Å². The van der Waals surface area contributed by atoms with Crippen LogP contribution in [0.15, 0.2) is 23.1 Å². The molecule has 1 aromatic rings. The highest BCUT2D eigenvalue weighted by Gasteiger charge is 2.34. The van der Waals surface area contributed by atoms with E-state index in [-0.39, 0.29) is 22.1 Å². The van der Waals surface area contributed by atoms with E-state index >= 15 is 0 Å². The van der Waals surface area contributed by atoms with E-state index < -0.39 is 10.0 Å². The van der Waals surface area contributed by atoms with Crippen molar-refractivity contribution in [1.29, 1.82) is 0 Å². The minimum absolute atomic E-state index is 0.175. The van der Waals surface area contributed by atoms with Crippen molar-refractivity contribution in [2.45, 2.75) is 24.0 Å². The molecule has 5 nitrogen and oxygen atoms in total. The number of hydrogen-bond acceptors (Lipinski definition) is 4. The van der Waals surface area contributed by atoms with Crippen LogP contribution in [0.1, 0.15) is 12.8 Å². The zero-order valence-electron chi connectivity index (χ0n) is 11.9. The Labute approximate surface area is 140 Å². The molecule has 1 aromatic carbocycles. The molecule has 0 aliphatic carbocycles. The monoisotopic (exact) mass is 365 g/mol. The van der Waals surface area contributed by atoms with Crippen LogP contribution in [0.25, 0.3) is 0 Å². The van der Waals surface area contributed by atoms with Gasteiger partial charge in [-0.1, -0.05) is 23.2 Å². The summed E-state index contributed by atoms with van der Waals surface area (Å²) in [5.74, 6) is 0.253. The minimum Gasteiger partial charge on any atom is -0.350 e. The molecule has 2 fully saturated rings. The quantitative estimate of drug-likeness (QED) is 0.826. The van der Waals surface area contributed by atoms with E-state index in [0.717, 1.165) is 12.8 Å². The third-order valence-corrected chi connectivity index (χ3v) is 6.69. The van der Waals surface area contributed by atoms with E-state index in [9.17, 15) is 8.42 Å². The fourth-order valence-electron chi connectivity index (χ4n) is 2.82. The van der Waals surface area contributed by atoms with Crippen LogP contribution in [0.4, 0.5) is 0 Å².